The SMILES string of the molecule is CCOC[C@H]1Oc2ncccc2C1Nc1nc(CC)c(-c2ccc(OC)cc2C)nc1CC. The van der Waals surface area contributed by atoms with Crippen LogP contribution >= 0.6 is 0 Å². The van der Waals surface area contributed by atoms with E-state index in [9.17, 15) is 0 Å². The normalized spacial score (nSPS) is 16.9. The van der Waals surface area contributed by atoms with Crippen molar-refractivity contribution in [3.05, 3.63) is 59.0 Å². The Kier molecular flexibility index (Phi) is 7.08. The molecular formula is C26H32N4O3. The molecule has 0 saturated carbocycles. The van der Waals surface area contributed by atoms with Crippen LogP contribution in [0.4, 0.5) is 5.82 Å². The Morgan fingerprint density at radius 2 is 1.88 bits per heavy atom. The summed E-state index contributed by atoms with van der Waals surface area (Å²) in [6.45, 7) is 9.38. The molecule has 2 aromatic heterocycles. The molecular weight excluding hydrogens is 416 g/mol. The number of ether oxygens (including phenoxy) is 3. The number of hydrogen-bond donors (Lipinski definition) is 1. The predicted molar refractivity (Wildman–Crippen MR) is 129 cm³/mol. The van der Waals surface area contributed by atoms with Crippen LogP contribution in [0.3, 0.4) is 0 Å². The first-order valence-corrected chi connectivity index (χ1v) is 11.6. The minimum absolute atomic E-state index is 0.113. The summed E-state index contributed by atoms with van der Waals surface area (Å²) in [5.41, 5.74) is 6.01. The van der Waals surface area contributed by atoms with Crippen LogP contribution in [0.2, 0.25) is 0 Å². The predicted octanol–water partition coefficient (Wildman–Crippen LogP) is 4.93. The molecule has 174 valence electrons. The molecule has 1 aromatic carbocycles. The highest BCUT2D eigenvalue weighted by molar-refractivity contribution is 5.68. The van der Waals surface area contributed by atoms with Gasteiger partial charge in [-0.15, -0.1) is 0 Å². The van der Waals surface area contributed by atoms with E-state index in [1.165, 1.54) is 0 Å². The number of methoxy groups -OCH3 is 1. The number of anilines is 1. The molecule has 0 bridgehead atoms. The summed E-state index contributed by atoms with van der Waals surface area (Å²) < 4.78 is 17.2. The quantitative estimate of drug-likeness (QED) is 0.497. The first-order chi connectivity index (χ1) is 16.1. The molecule has 0 radical (unpaired) electrons. The molecule has 7 nitrogen and oxygen atoms in total. The van der Waals surface area contributed by atoms with Gasteiger partial charge < -0.3 is 19.5 Å². The van der Waals surface area contributed by atoms with E-state index in [-0.39, 0.29) is 12.1 Å². The van der Waals surface area contributed by atoms with Crippen LogP contribution in [0.15, 0.2) is 36.5 Å². The number of aryl methyl sites for hydroxylation is 3. The highest BCUT2D eigenvalue weighted by Crippen LogP contribution is 2.38. The Morgan fingerprint density at radius 1 is 1.06 bits per heavy atom. The minimum atomic E-state index is -0.185. The molecule has 4 rings (SSSR count). The molecule has 0 spiro atoms. The van der Waals surface area contributed by atoms with Gasteiger partial charge in [-0.2, -0.15) is 0 Å². The summed E-state index contributed by atoms with van der Waals surface area (Å²) in [4.78, 5) is 14.5. The molecule has 0 fully saturated rings. The fourth-order valence-electron chi connectivity index (χ4n) is 4.19. The largest absolute Gasteiger partial charge is 0.497 e. The van der Waals surface area contributed by atoms with E-state index in [1.54, 1.807) is 13.3 Å². The molecule has 0 amide bonds. The Morgan fingerprint density at radius 3 is 2.58 bits per heavy atom. The maximum atomic E-state index is 6.10. The zero-order chi connectivity index (χ0) is 23.4. The van der Waals surface area contributed by atoms with Gasteiger partial charge in [-0.25, -0.2) is 15.0 Å². The monoisotopic (exact) mass is 448 g/mol. The highest BCUT2D eigenvalue weighted by atomic mass is 16.5. The maximum absolute atomic E-state index is 6.10. The lowest BCUT2D eigenvalue weighted by molar-refractivity contribution is 0.0579. The van der Waals surface area contributed by atoms with Crippen LogP contribution in [0.5, 0.6) is 11.6 Å². The fraction of sp³-hybridized carbons (Fsp3) is 0.423. The minimum Gasteiger partial charge on any atom is -0.497 e. The molecule has 3 heterocycles. The van der Waals surface area contributed by atoms with E-state index in [0.29, 0.717) is 19.1 Å². The van der Waals surface area contributed by atoms with Crippen molar-refractivity contribution in [1.29, 1.82) is 0 Å². The fourth-order valence-corrected chi connectivity index (χ4v) is 4.19. The van der Waals surface area contributed by atoms with Crippen molar-refractivity contribution >= 4 is 5.82 Å². The van der Waals surface area contributed by atoms with Crippen molar-refractivity contribution in [2.24, 2.45) is 0 Å². The number of benzene rings is 1. The van der Waals surface area contributed by atoms with E-state index >= 15 is 0 Å². The van der Waals surface area contributed by atoms with E-state index < -0.39 is 0 Å². The topological polar surface area (TPSA) is 78.4 Å². The number of pyridine rings is 1. The summed E-state index contributed by atoms with van der Waals surface area (Å²) in [5, 5.41) is 3.62. The van der Waals surface area contributed by atoms with Gasteiger partial charge in [0.1, 0.15) is 17.7 Å². The number of hydrogen-bond acceptors (Lipinski definition) is 7. The second-order valence-electron chi connectivity index (χ2n) is 8.04. The van der Waals surface area contributed by atoms with Crippen molar-refractivity contribution < 1.29 is 14.2 Å². The molecule has 0 aliphatic carbocycles. The van der Waals surface area contributed by atoms with Gasteiger partial charge in [-0.3, -0.25) is 0 Å². The zero-order valence-corrected chi connectivity index (χ0v) is 20.0. The molecule has 1 unspecified atom stereocenters. The summed E-state index contributed by atoms with van der Waals surface area (Å²) in [5.74, 6) is 2.27. The average Bonchev–Trinajstić information content (AvgIpc) is 3.19. The molecule has 3 aromatic rings. The van der Waals surface area contributed by atoms with Gasteiger partial charge in [-0.05, 0) is 62.6 Å². The van der Waals surface area contributed by atoms with Crippen LogP contribution < -0.4 is 14.8 Å². The lowest BCUT2D eigenvalue weighted by atomic mass is 10.0. The van der Waals surface area contributed by atoms with Gasteiger partial charge >= 0.3 is 0 Å². The van der Waals surface area contributed by atoms with Crippen LogP contribution in [0.25, 0.3) is 11.3 Å². The molecule has 33 heavy (non-hydrogen) atoms. The molecule has 1 aliphatic rings. The van der Waals surface area contributed by atoms with Crippen LogP contribution in [-0.2, 0) is 17.6 Å². The van der Waals surface area contributed by atoms with Crippen LogP contribution in [0.1, 0.15) is 49.3 Å². The second kappa shape index (κ2) is 10.2. The first-order valence-electron chi connectivity index (χ1n) is 11.6. The van der Waals surface area contributed by atoms with Gasteiger partial charge in [0, 0.05) is 23.9 Å². The van der Waals surface area contributed by atoms with E-state index in [0.717, 1.165) is 58.2 Å². The first kappa shape index (κ1) is 23.0. The average molecular weight is 449 g/mol. The van der Waals surface area contributed by atoms with E-state index in [1.807, 2.05) is 31.2 Å². The summed E-state index contributed by atoms with van der Waals surface area (Å²) in [6.07, 6.45) is 3.09. The third kappa shape index (κ3) is 4.64. The van der Waals surface area contributed by atoms with Crippen molar-refractivity contribution in [2.75, 3.05) is 25.6 Å². The van der Waals surface area contributed by atoms with Crippen LogP contribution in [-0.4, -0.2) is 41.4 Å². The Hall–Kier alpha value is -3.19. The van der Waals surface area contributed by atoms with Crippen molar-refractivity contribution in [3.8, 4) is 22.9 Å². The third-order valence-corrected chi connectivity index (χ3v) is 5.95. The van der Waals surface area contributed by atoms with Crippen LogP contribution in [0, 0.1) is 6.92 Å². The van der Waals surface area contributed by atoms with Crippen molar-refractivity contribution in [1.82, 2.24) is 15.0 Å². The van der Waals surface area contributed by atoms with E-state index in [4.69, 9.17) is 24.2 Å². The van der Waals surface area contributed by atoms with E-state index in [2.05, 4.69) is 37.1 Å². The third-order valence-electron chi connectivity index (χ3n) is 5.95. The molecule has 2 atom stereocenters. The highest BCUT2D eigenvalue weighted by Gasteiger charge is 2.36. The molecule has 0 saturated heterocycles. The lowest BCUT2D eigenvalue weighted by Crippen LogP contribution is -2.30. The number of aromatic nitrogens is 3. The van der Waals surface area contributed by atoms with Gasteiger partial charge in [0.2, 0.25) is 5.88 Å². The van der Waals surface area contributed by atoms with Crippen molar-refractivity contribution in [2.45, 2.75) is 52.7 Å². The maximum Gasteiger partial charge on any atom is 0.219 e. The summed E-state index contributed by atoms with van der Waals surface area (Å²) in [7, 11) is 1.68. The number of nitrogens with zero attached hydrogens (tertiary/aromatic N) is 3. The van der Waals surface area contributed by atoms with Gasteiger partial charge in [0.05, 0.1) is 36.8 Å². The Bertz CT molecular complexity index is 1120. The number of rotatable bonds is 9. The molecule has 7 heteroatoms. The summed E-state index contributed by atoms with van der Waals surface area (Å²) >= 11 is 0. The number of fused-ring (bicyclic) bond motifs is 1. The van der Waals surface area contributed by atoms with Gasteiger partial charge in [0.25, 0.3) is 0 Å². The molecule has 1 N–H and O–H groups in total. The van der Waals surface area contributed by atoms with Gasteiger partial charge in [-0.1, -0.05) is 13.8 Å². The lowest BCUT2D eigenvalue weighted by Gasteiger charge is -2.23. The Balaban J connectivity index is 1.72. The Labute approximate surface area is 195 Å². The van der Waals surface area contributed by atoms with Crippen molar-refractivity contribution in [3.63, 3.8) is 0 Å². The van der Waals surface area contributed by atoms with Gasteiger partial charge in [0.15, 0.2) is 0 Å². The molecule has 1 aliphatic heterocycles. The zero-order valence-electron chi connectivity index (χ0n) is 20.0. The standard InChI is InChI=1S/C26H32N4O3/c1-6-20-23(18-12-11-17(31-5)14-16(18)4)28-21(7-2)25(29-20)30-24-19-10-9-13-27-26(19)33-22(24)15-32-8-3/h9-14,22,24H,6-8,15H2,1-5H3,(H,29,30)/t22-,24?/m1/s1. The smallest absolute Gasteiger partial charge is 0.219 e. The second-order valence-corrected chi connectivity index (χ2v) is 8.04. The summed E-state index contributed by atoms with van der Waals surface area (Å²) in [6, 6.07) is 9.93. The number of nitrogens with one attached hydrogen (secondary N) is 1.